The average molecular weight is 406 g/mol. The summed E-state index contributed by atoms with van der Waals surface area (Å²) in [5.41, 5.74) is -0.533. The van der Waals surface area contributed by atoms with Crippen molar-refractivity contribution >= 4 is 11.9 Å². The first-order valence-corrected chi connectivity index (χ1v) is 9.72. The van der Waals surface area contributed by atoms with E-state index in [1.807, 2.05) is 6.07 Å². The predicted octanol–water partition coefficient (Wildman–Crippen LogP) is 2.73. The van der Waals surface area contributed by atoms with Crippen LogP contribution in [0.4, 0.5) is 0 Å². The number of hydrogen-bond donors (Lipinski definition) is 0. The van der Waals surface area contributed by atoms with Crippen molar-refractivity contribution in [1.82, 2.24) is 9.13 Å². The monoisotopic (exact) mass is 406 g/mol. The van der Waals surface area contributed by atoms with E-state index in [0.29, 0.717) is 29.5 Å². The minimum absolute atomic E-state index is 0.273. The Bertz CT molecular complexity index is 1120. The normalized spacial score (nSPS) is 10.5. The van der Waals surface area contributed by atoms with Crippen LogP contribution in [-0.2, 0) is 11.3 Å². The molecule has 0 saturated carbocycles. The van der Waals surface area contributed by atoms with Gasteiger partial charge in [0.05, 0.1) is 12.2 Å². The zero-order chi connectivity index (χ0) is 21.3. The second kappa shape index (κ2) is 10.2. The second-order valence-corrected chi connectivity index (χ2v) is 6.70. The average Bonchev–Trinajstić information content (AvgIpc) is 2.78. The van der Waals surface area contributed by atoms with Gasteiger partial charge in [-0.05, 0) is 43.5 Å². The summed E-state index contributed by atoms with van der Waals surface area (Å²) >= 11 is 0. The maximum absolute atomic E-state index is 12.6. The molecule has 2 aromatic carbocycles. The summed E-state index contributed by atoms with van der Waals surface area (Å²) in [6, 6.07) is 18.2. The van der Waals surface area contributed by atoms with E-state index in [4.69, 9.17) is 4.74 Å². The predicted molar refractivity (Wildman–Crippen MR) is 112 cm³/mol. The first-order chi connectivity index (χ1) is 14.6. The largest absolute Gasteiger partial charge is 0.462 e. The van der Waals surface area contributed by atoms with Crippen molar-refractivity contribution in [2.75, 3.05) is 6.61 Å². The topological polar surface area (TPSA) is 87.4 Å². The van der Waals surface area contributed by atoms with Gasteiger partial charge in [-0.2, -0.15) is 4.57 Å². The number of nitrogens with zero attached hydrogens (tertiary/aromatic N) is 2. The number of unbranched alkanes of at least 4 members (excludes halogenated alkanes) is 2. The van der Waals surface area contributed by atoms with E-state index >= 15 is 0 Å². The van der Waals surface area contributed by atoms with Gasteiger partial charge in [-0.25, -0.2) is 9.59 Å². The maximum atomic E-state index is 12.6. The number of benzene rings is 2. The minimum atomic E-state index is -0.660. The van der Waals surface area contributed by atoms with E-state index < -0.39 is 17.2 Å². The van der Waals surface area contributed by atoms with Crippen molar-refractivity contribution in [3.05, 3.63) is 105 Å². The summed E-state index contributed by atoms with van der Waals surface area (Å²) in [6.07, 6.45) is 3.41. The summed E-state index contributed by atoms with van der Waals surface area (Å²) in [6.45, 7) is 0.641. The van der Waals surface area contributed by atoms with Crippen LogP contribution < -0.4 is 11.2 Å². The molecule has 154 valence electrons. The molecule has 7 nitrogen and oxygen atoms in total. The molecule has 0 fully saturated rings. The molecule has 30 heavy (non-hydrogen) atoms. The molecule has 0 bridgehead atoms. The molecule has 0 spiro atoms. The number of aromatic nitrogens is 2. The lowest BCUT2D eigenvalue weighted by Crippen LogP contribution is -2.43. The molecule has 0 aliphatic rings. The van der Waals surface area contributed by atoms with Gasteiger partial charge in [-0.15, -0.1) is 0 Å². The Balaban J connectivity index is 1.53. The quantitative estimate of drug-likeness (QED) is 0.424. The van der Waals surface area contributed by atoms with E-state index in [1.54, 1.807) is 54.6 Å². The molecule has 3 rings (SSSR count). The van der Waals surface area contributed by atoms with Gasteiger partial charge >= 0.3 is 11.7 Å². The summed E-state index contributed by atoms with van der Waals surface area (Å²) in [5.74, 6) is -1.01. The second-order valence-electron chi connectivity index (χ2n) is 6.70. The zero-order valence-electron chi connectivity index (χ0n) is 16.4. The van der Waals surface area contributed by atoms with E-state index in [2.05, 4.69) is 0 Å². The van der Waals surface area contributed by atoms with Crippen LogP contribution in [-0.4, -0.2) is 27.6 Å². The van der Waals surface area contributed by atoms with Crippen LogP contribution in [0.3, 0.4) is 0 Å². The highest BCUT2D eigenvalue weighted by Gasteiger charge is 2.15. The molecule has 1 heterocycles. The number of ether oxygens (including phenoxy) is 1. The van der Waals surface area contributed by atoms with Crippen LogP contribution in [0.25, 0.3) is 0 Å². The molecular formula is C23H22N2O5. The number of rotatable bonds is 8. The summed E-state index contributed by atoms with van der Waals surface area (Å²) in [4.78, 5) is 49.1. The van der Waals surface area contributed by atoms with Gasteiger partial charge in [0.25, 0.3) is 11.5 Å². The molecule has 0 N–H and O–H groups in total. The Labute approximate surface area is 173 Å². The summed E-state index contributed by atoms with van der Waals surface area (Å²) < 4.78 is 7.22. The first-order valence-electron chi connectivity index (χ1n) is 9.72. The van der Waals surface area contributed by atoms with Gasteiger partial charge in [0.2, 0.25) is 0 Å². The standard InChI is InChI=1S/C23H22N2O5/c26-20-14-16-24(23(29)25(20)21(27)18-10-4-1-5-11-18)15-8-3-9-17-30-22(28)19-12-6-2-7-13-19/h1-2,4-7,10-14,16H,3,8-9,15,17H2. The highest BCUT2D eigenvalue weighted by Crippen LogP contribution is 2.04. The number of aryl methyl sites for hydroxylation is 1. The lowest BCUT2D eigenvalue weighted by molar-refractivity contribution is 0.0497. The van der Waals surface area contributed by atoms with Gasteiger partial charge in [0.15, 0.2) is 0 Å². The fraction of sp³-hybridized carbons (Fsp3) is 0.217. The third kappa shape index (κ3) is 5.20. The van der Waals surface area contributed by atoms with Crippen LogP contribution in [0, 0.1) is 0 Å². The zero-order valence-corrected chi connectivity index (χ0v) is 16.4. The summed E-state index contributed by atoms with van der Waals surface area (Å²) in [5, 5.41) is 0. The van der Waals surface area contributed by atoms with Crippen molar-refractivity contribution in [2.45, 2.75) is 25.8 Å². The Morgan fingerprint density at radius 3 is 2.07 bits per heavy atom. The van der Waals surface area contributed by atoms with Crippen LogP contribution in [0.15, 0.2) is 82.5 Å². The minimum Gasteiger partial charge on any atom is -0.462 e. The van der Waals surface area contributed by atoms with Crippen molar-refractivity contribution in [3.63, 3.8) is 0 Å². The lowest BCUT2D eigenvalue weighted by atomic mass is 10.2. The molecule has 1 aromatic heterocycles. The third-order valence-corrected chi connectivity index (χ3v) is 4.56. The fourth-order valence-corrected chi connectivity index (χ4v) is 2.97. The van der Waals surface area contributed by atoms with Crippen LogP contribution in [0.1, 0.15) is 40.0 Å². The van der Waals surface area contributed by atoms with Crippen molar-refractivity contribution in [2.24, 2.45) is 0 Å². The highest BCUT2D eigenvalue weighted by molar-refractivity contribution is 5.95. The number of esters is 1. The molecule has 3 aromatic rings. The molecule has 0 radical (unpaired) electrons. The lowest BCUT2D eigenvalue weighted by Gasteiger charge is -2.09. The van der Waals surface area contributed by atoms with Gasteiger partial charge in [-0.1, -0.05) is 36.4 Å². The molecule has 0 atom stereocenters. The first kappa shape index (κ1) is 21.0. The Hall–Kier alpha value is -3.74. The van der Waals surface area contributed by atoms with E-state index in [9.17, 15) is 19.2 Å². The molecule has 0 amide bonds. The Kier molecular flexibility index (Phi) is 7.10. The SMILES string of the molecule is O=C(OCCCCCn1ccc(=O)n(C(=O)c2ccccc2)c1=O)c1ccccc1. The Morgan fingerprint density at radius 1 is 0.767 bits per heavy atom. The molecule has 0 saturated heterocycles. The highest BCUT2D eigenvalue weighted by atomic mass is 16.5. The fourth-order valence-electron chi connectivity index (χ4n) is 2.97. The number of carbonyl (C=O) groups excluding carboxylic acids is 2. The molecule has 0 unspecified atom stereocenters. The Morgan fingerprint density at radius 2 is 1.40 bits per heavy atom. The van der Waals surface area contributed by atoms with Crippen molar-refractivity contribution < 1.29 is 14.3 Å². The van der Waals surface area contributed by atoms with Gasteiger partial charge in [0, 0.05) is 24.4 Å². The maximum Gasteiger partial charge on any atom is 0.338 e. The van der Waals surface area contributed by atoms with Crippen LogP contribution in [0.5, 0.6) is 0 Å². The third-order valence-electron chi connectivity index (χ3n) is 4.56. The molecule has 0 aliphatic heterocycles. The van der Waals surface area contributed by atoms with Crippen LogP contribution >= 0.6 is 0 Å². The molecule has 0 aliphatic carbocycles. The van der Waals surface area contributed by atoms with Crippen molar-refractivity contribution in [3.8, 4) is 0 Å². The number of carbonyl (C=O) groups is 2. The smallest absolute Gasteiger partial charge is 0.338 e. The van der Waals surface area contributed by atoms with Gasteiger partial charge in [0.1, 0.15) is 0 Å². The number of hydrogen-bond acceptors (Lipinski definition) is 5. The molecule has 7 heteroatoms. The van der Waals surface area contributed by atoms with Gasteiger partial charge in [-0.3, -0.25) is 9.59 Å². The van der Waals surface area contributed by atoms with E-state index in [0.717, 1.165) is 6.42 Å². The van der Waals surface area contributed by atoms with E-state index in [1.165, 1.54) is 16.8 Å². The van der Waals surface area contributed by atoms with Crippen molar-refractivity contribution in [1.29, 1.82) is 0 Å². The summed E-state index contributed by atoms with van der Waals surface area (Å²) in [7, 11) is 0. The van der Waals surface area contributed by atoms with Crippen LogP contribution in [0.2, 0.25) is 0 Å². The van der Waals surface area contributed by atoms with E-state index in [-0.39, 0.29) is 18.1 Å². The molecular weight excluding hydrogens is 384 g/mol. The van der Waals surface area contributed by atoms with Gasteiger partial charge < -0.3 is 9.30 Å².